The van der Waals surface area contributed by atoms with Crippen molar-refractivity contribution < 1.29 is 4.74 Å². The average Bonchev–Trinajstić information content (AvgIpc) is 2.54. The van der Waals surface area contributed by atoms with E-state index in [0.717, 1.165) is 31.7 Å². The molecule has 0 aliphatic carbocycles. The van der Waals surface area contributed by atoms with Gasteiger partial charge in [0, 0.05) is 6.54 Å². The maximum Gasteiger partial charge on any atom is 0.120 e. The molecule has 0 fully saturated rings. The van der Waals surface area contributed by atoms with E-state index in [1.165, 1.54) is 16.7 Å². The molecule has 0 unspecified atom stereocenters. The van der Waals surface area contributed by atoms with Gasteiger partial charge in [-0.25, -0.2) is 0 Å². The van der Waals surface area contributed by atoms with Gasteiger partial charge in [-0.15, -0.1) is 0 Å². The minimum atomic E-state index is 0.620. The molecular formula is C19H25NO. The number of aryl methyl sites for hydroxylation is 1. The van der Waals surface area contributed by atoms with Crippen molar-refractivity contribution in [2.24, 2.45) is 0 Å². The molecule has 2 heteroatoms. The van der Waals surface area contributed by atoms with E-state index in [0.29, 0.717) is 6.61 Å². The zero-order valence-electron chi connectivity index (χ0n) is 13.1. The molecule has 0 radical (unpaired) electrons. The lowest BCUT2D eigenvalue weighted by Gasteiger charge is -2.09. The summed E-state index contributed by atoms with van der Waals surface area (Å²) >= 11 is 0. The maximum atomic E-state index is 5.89. The van der Waals surface area contributed by atoms with E-state index in [4.69, 9.17) is 4.74 Å². The van der Waals surface area contributed by atoms with Crippen molar-refractivity contribution in [3.05, 3.63) is 65.2 Å². The fourth-order valence-corrected chi connectivity index (χ4v) is 2.26. The highest BCUT2D eigenvalue weighted by atomic mass is 16.5. The van der Waals surface area contributed by atoms with Crippen LogP contribution >= 0.6 is 0 Å². The summed E-state index contributed by atoms with van der Waals surface area (Å²) < 4.78 is 5.89. The second-order valence-corrected chi connectivity index (χ2v) is 5.29. The van der Waals surface area contributed by atoms with Crippen LogP contribution in [0, 0.1) is 0 Å². The van der Waals surface area contributed by atoms with Gasteiger partial charge in [0.25, 0.3) is 0 Å². The molecule has 1 N–H and O–H groups in total. The van der Waals surface area contributed by atoms with Crippen LogP contribution in [0.1, 0.15) is 37.0 Å². The molecule has 0 aromatic heterocycles. The van der Waals surface area contributed by atoms with Crippen LogP contribution < -0.4 is 10.1 Å². The Morgan fingerprint density at radius 2 is 1.67 bits per heavy atom. The predicted octanol–water partition coefficient (Wildman–Crippen LogP) is 4.33. The van der Waals surface area contributed by atoms with Crippen LogP contribution in [-0.4, -0.2) is 6.54 Å². The van der Waals surface area contributed by atoms with Gasteiger partial charge in [-0.1, -0.05) is 50.2 Å². The Morgan fingerprint density at radius 1 is 0.905 bits per heavy atom. The molecule has 0 amide bonds. The molecule has 0 aliphatic heterocycles. The molecule has 2 aromatic rings. The Kier molecular flexibility index (Phi) is 6.29. The fourth-order valence-electron chi connectivity index (χ4n) is 2.26. The van der Waals surface area contributed by atoms with Crippen LogP contribution in [0.5, 0.6) is 5.75 Å². The highest BCUT2D eigenvalue weighted by Gasteiger charge is 1.99. The smallest absolute Gasteiger partial charge is 0.120 e. The quantitative estimate of drug-likeness (QED) is 0.728. The SMILES string of the molecule is CCCNCc1cccc(COc2cccc(CC)c2)c1. The van der Waals surface area contributed by atoms with Crippen LogP contribution in [0.2, 0.25) is 0 Å². The summed E-state index contributed by atoms with van der Waals surface area (Å²) in [6, 6.07) is 16.9. The Hall–Kier alpha value is -1.80. The van der Waals surface area contributed by atoms with Crippen molar-refractivity contribution in [2.45, 2.75) is 39.8 Å². The summed E-state index contributed by atoms with van der Waals surface area (Å²) in [5, 5.41) is 3.43. The van der Waals surface area contributed by atoms with Crippen LogP contribution in [0.4, 0.5) is 0 Å². The van der Waals surface area contributed by atoms with E-state index in [-0.39, 0.29) is 0 Å². The molecule has 2 rings (SSSR count). The lowest BCUT2D eigenvalue weighted by Crippen LogP contribution is -2.13. The van der Waals surface area contributed by atoms with Gasteiger partial charge in [-0.05, 0) is 48.2 Å². The molecule has 2 aromatic carbocycles. The Balaban J connectivity index is 1.91. The monoisotopic (exact) mass is 283 g/mol. The first kappa shape index (κ1) is 15.6. The number of benzene rings is 2. The van der Waals surface area contributed by atoms with Gasteiger partial charge in [-0.2, -0.15) is 0 Å². The Morgan fingerprint density at radius 3 is 2.48 bits per heavy atom. The second kappa shape index (κ2) is 8.48. The number of hydrogen-bond acceptors (Lipinski definition) is 2. The van der Waals surface area contributed by atoms with Gasteiger partial charge < -0.3 is 10.1 Å². The van der Waals surface area contributed by atoms with Crippen molar-refractivity contribution >= 4 is 0 Å². The summed E-state index contributed by atoms with van der Waals surface area (Å²) in [5.41, 5.74) is 3.84. The third-order valence-electron chi connectivity index (χ3n) is 3.46. The third-order valence-corrected chi connectivity index (χ3v) is 3.46. The highest BCUT2D eigenvalue weighted by Crippen LogP contribution is 2.16. The number of nitrogens with one attached hydrogen (secondary N) is 1. The first-order valence-electron chi connectivity index (χ1n) is 7.82. The van der Waals surface area contributed by atoms with Crippen LogP contribution in [0.25, 0.3) is 0 Å². The summed E-state index contributed by atoms with van der Waals surface area (Å²) in [6.45, 7) is 6.94. The lowest BCUT2D eigenvalue weighted by molar-refractivity contribution is 0.306. The molecule has 0 aliphatic rings. The van der Waals surface area contributed by atoms with Crippen LogP contribution in [0.15, 0.2) is 48.5 Å². The topological polar surface area (TPSA) is 21.3 Å². The largest absolute Gasteiger partial charge is 0.489 e. The first-order valence-corrected chi connectivity index (χ1v) is 7.82. The molecule has 0 saturated carbocycles. The normalized spacial score (nSPS) is 10.6. The molecule has 0 saturated heterocycles. The molecule has 21 heavy (non-hydrogen) atoms. The number of ether oxygens (including phenoxy) is 1. The molecule has 112 valence electrons. The minimum absolute atomic E-state index is 0.620. The van der Waals surface area contributed by atoms with E-state index in [2.05, 4.69) is 61.6 Å². The van der Waals surface area contributed by atoms with E-state index in [1.54, 1.807) is 0 Å². The van der Waals surface area contributed by atoms with Crippen LogP contribution in [-0.2, 0) is 19.6 Å². The van der Waals surface area contributed by atoms with Crippen molar-refractivity contribution in [3.63, 3.8) is 0 Å². The van der Waals surface area contributed by atoms with E-state index in [9.17, 15) is 0 Å². The minimum Gasteiger partial charge on any atom is -0.489 e. The molecule has 0 heterocycles. The Bertz CT molecular complexity index is 551. The highest BCUT2D eigenvalue weighted by molar-refractivity contribution is 5.29. The molecule has 0 bridgehead atoms. The zero-order chi connectivity index (χ0) is 14.9. The second-order valence-electron chi connectivity index (χ2n) is 5.29. The molecule has 2 nitrogen and oxygen atoms in total. The predicted molar refractivity (Wildman–Crippen MR) is 88.6 cm³/mol. The summed E-state index contributed by atoms with van der Waals surface area (Å²) in [6.07, 6.45) is 2.20. The van der Waals surface area contributed by atoms with Gasteiger partial charge >= 0.3 is 0 Å². The van der Waals surface area contributed by atoms with E-state index >= 15 is 0 Å². The van der Waals surface area contributed by atoms with Gasteiger partial charge in [0.1, 0.15) is 12.4 Å². The maximum absolute atomic E-state index is 5.89. The van der Waals surface area contributed by atoms with E-state index < -0.39 is 0 Å². The first-order chi connectivity index (χ1) is 10.3. The van der Waals surface area contributed by atoms with Crippen molar-refractivity contribution in [1.82, 2.24) is 5.32 Å². The van der Waals surface area contributed by atoms with Gasteiger partial charge in [0.2, 0.25) is 0 Å². The summed E-state index contributed by atoms with van der Waals surface area (Å²) in [5.74, 6) is 0.948. The van der Waals surface area contributed by atoms with Crippen molar-refractivity contribution in [2.75, 3.05) is 6.54 Å². The summed E-state index contributed by atoms with van der Waals surface area (Å²) in [4.78, 5) is 0. The van der Waals surface area contributed by atoms with Crippen molar-refractivity contribution in [3.8, 4) is 5.75 Å². The Labute approximate surface area is 128 Å². The van der Waals surface area contributed by atoms with Gasteiger partial charge in [-0.3, -0.25) is 0 Å². The van der Waals surface area contributed by atoms with E-state index in [1.807, 2.05) is 6.07 Å². The lowest BCUT2D eigenvalue weighted by atomic mass is 10.1. The zero-order valence-corrected chi connectivity index (χ0v) is 13.1. The van der Waals surface area contributed by atoms with Crippen LogP contribution in [0.3, 0.4) is 0 Å². The number of rotatable bonds is 8. The standard InChI is InChI=1S/C19H25NO/c1-3-11-20-14-17-8-5-9-18(12-17)15-21-19-10-6-7-16(4-2)13-19/h5-10,12-13,20H,3-4,11,14-15H2,1-2H3. The van der Waals surface area contributed by atoms with Crippen molar-refractivity contribution in [1.29, 1.82) is 0 Å². The van der Waals surface area contributed by atoms with Gasteiger partial charge in [0.15, 0.2) is 0 Å². The molecular weight excluding hydrogens is 258 g/mol. The van der Waals surface area contributed by atoms with Gasteiger partial charge in [0.05, 0.1) is 0 Å². The fraction of sp³-hybridized carbons (Fsp3) is 0.368. The molecule has 0 atom stereocenters. The third kappa shape index (κ3) is 5.24. The average molecular weight is 283 g/mol. The number of hydrogen-bond donors (Lipinski definition) is 1. The summed E-state index contributed by atoms with van der Waals surface area (Å²) in [7, 11) is 0. The molecule has 0 spiro atoms.